The zero-order chi connectivity index (χ0) is 8.10. The van der Waals surface area contributed by atoms with Crippen LogP contribution in [-0.4, -0.2) is 16.7 Å². The van der Waals surface area contributed by atoms with Crippen molar-refractivity contribution in [3.63, 3.8) is 0 Å². The number of rotatable bonds is 2. The first kappa shape index (κ1) is 7.68. The van der Waals surface area contributed by atoms with Crippen LogP contribution >= 0.6 is 0 Å². The molecule has 58 valence electrons. The van der Waals surface area contributed by atoms with E-state index >= 15 is 0 Å². The maximum atomic E-state index is 10.8. The molecule has 0 aromatic heterocycles. The van der Waals surface area contributed by atoms with E-state index in [0.717, 1.165) is 0 Å². The zero-order valence-electron chi connectivity index (χ0n) is 5.84. The molecule has 0 unspecified atom stereocenters. The van der Waals surface area contributed by atoms with Crippen molar-refractivity contribution in [3.8, 4) is 0 Å². The molecule has 0 aliphatic carbocycles. The number of aliphatic hydroxyl groups excluding tert-OH is 1. The summed E-state index contributed by atoms with van der Waals surface area (Å²) in [6, 6.07) is 8.49. The Morgan fingerprint density at radius 2 is 2.00 bits per heavy atom. The van der Waals surface area contributed by atoms with E-state index in [-0.39, 0.29) is 0 Å². The van der Waals surface area contributed by atoms with Gasteiger partial charge < -0.3 is 10.3 Å². The Bertz CT molecular complexity index is 246. The van der Waals surface area contributed by atoms with Crippen LogP contribution in [0.25, 0.3) is 0 Å². The molecule has 0 fully saturated rings. The van der Waals surface area contributed by atoms with Gasteiger partial charge in [0.1, 0.15) is 0 Å². The standard InChI is InChI=1S/C7H8N2O2/c10-6-8-9(11)7-4-2-1-3-5-7/h1-5,10H,6H2/b9-8-. The van der Waals surface area contributed by atoms with Gasteiger partial charge in [0.2, 0.25) is 5.69 Å². The Kier molecular flexibility index (Phi) is 2.57. The molecule has 1 rings (SSSR count). The Morgan fingerprint density at radius 3 is 2.55 bits per heavy atom. The van der Waals surface area contributed by atoms with Crippen LogP contribution in [0.1, 0.15) is 0 Å². The predicted molar refractivity (Wildman–Crippen MR) is 39.2 cm³/mol. The molecule has 0 atom stereocenters. The summed E-state index contributed by atoms with van der Waals surface area (Å²) in [5.74, 6) is 0. The molecule has 4 nitrogen and oxygen atoms in total. The number of hydrogen-bond acceptors (Lipinski definition) is 3. The summed E-state index contributed by atoms with van der Waals surface area (Å²) in [7, 11) is 0. The molecule has 4 heteroatoms. The molecule has 0 aliphatic rings. The number of benzene rings is 1. The fourth-order valence-corrected chi connectivity index (χ4v) is 0.695. The molecular weight excluding hydrogens is 144 g/mol. The normalized spacial score (nSPS) is 11.5. The summed E-state index contributed by atoms with van der Waals surface area (Å²) < 4.78 is 0. The summed E-state index contributed by atoms with van der Waals surface area (Å²) >= 11 is 0. The summed E-state index contributed by atoms with van der Waals surface area (Å²) in [5, 5.41) is 22.4. The zero-order valence-corrected chi connectivity index (χ0v) is 5.84. The number of nitrogens with zero attached hydrogens (tertiary/aromatic N) is 2. The Morgan fingerprint density at radius 1 is 1.36 bits per heavy atom. The summed E-state index contributed by atoms with van der Waals surface area (Å²) in [6.45, 7) is -0.488. The first-order chi connectivity index (χ1) is 5.34. The lowest BCUT2D eigenvalue weighted by atomic mass is 10.3. The maximum Gasteiger partial charge on any atom is 0.244 e. The van der Waals surface area contributed by atoms with Gasteiger partial charge in [0.15, 0.2) is 6.73 Å². The molecule has 0 saturated carbocycles. The highest BCUT2D eigenvalue weighted by atomic mass is 16.5. The minimum Gasteiger partial charge on any atom is -0.594 e. The first-order valence-corrected chi connectivity index (χ1v) is 3.15. The van der Waals surface area contributed by atoms with Crippen LogP contribution in [-0.2, 0) is 0 Å². The Labute approximate surface area is 64.0 Å². The van der Waals surface area contributed by atoms with Crippen molar-refractivity contribution in [2.45, 2.75) is 0 Å². The average Bonchev–Trinajstić information content (AvgIpc) is 2.07. The fourth-order valence-electron chi connectivity index (χ4n) is 0.695. The van der Waals surface area contributed by atoms with Crippen molar-refractivity contribution in [2.75, 3.05) is 6.73 Å². The van der Waals surface area contributed by atoms with Crippen LogP contribution in [0.4, 0.5) is 5.69 Å². The number of hydrogen-bond donors (Lipinski definition) is 1. The highest BCUT2D eigenvalue weighted by molar-refractivity contribution is 5.27. The third-order valence-electron chi connectivity index (χ3n) is 1.17. The molecule has 1 N–H and O–H groups in total. The third-order valence-corrected chi connectivity index (χ3v) is 1.17. The topological polar surface area (TPSA) is 58.7 Å². The second-order valence-corrected chi connectivity index (χ2v) is 1.89. The first-order valence-electron chi connectivity index (χ1n) is 3.15. The van der Waals surface area contributed by atoms with Gasteiger partial charge in [-0.2, -0.15) is 0 Å². The molecule has 0 spiro atoms. The molecule has 0 saturated heterocycles. The smallest absolute Gasteiger partial charge is 0.244 e. The van der Waals surface area contributed by atoms with Gasteiger partial charge in [0, 0.05) is 17.2 Å². The van der Waals surface area contributed by atoms with Gasteiger partial charge >= 0.3 is 0 Å². The lowest BCUT2D eigenvalue weighted by Crippen LogP contribution is -1.92. The minimum absolute atomic E-state index is 0.389. The molecular formula is C7H8N2O2. The highest BCUT2D eigenvalue weighted by Crippen LogP contribution is 2.08. The summed E-state index contributed by atoms with van der Waals surface area (Å²) in [6.07, 6.45) is 0. The molecule has 0 amide bonds. The quantitative estimate of drug-likeness (QED) is 0.393. The van der Waals surface area contributed by atoms with E-state index in [1.807, 2.05) is 0 Å². The molecule has 11 heavy (non-hydrogen) atoms. The van der Waals surface area contributed by atoms with Crippen LogP contribution in [0.3, 0.4) is 0 Å². The highest BCUT2D eigenvalue weighted by Gasteiger charge is 1.97. The minimum atomic E-state index is -0.488. The van der Waals surface area contributed by atoms with Crippen LogP contribution in [0.15, 0.2) is 35.4 Å². The van der Waals surface area contributed by atoms with Crippen LogP contribution in [0, 0.1) is 5.21 Å². The number of para-hydroxylation sites is 1. The van der Waals surface area contributed by atoms with E-state index in [9.17, 15) is 5.21 Å². The third kappa shape index (κ3) is 2.01. The monoisotopic (exact) mass is 152 g/mol. The fraction of sp³-hybridized carbons (Fsp3) is 0.143. The van der Waals surface area contributed by atoms with Crippen molar-refractivity contribution in [1.82, 2.24) is 0 Å². The number of azo groups is 1. The average molecular weight is 152 g/mol. The van der Waals surface area contributed by atoms with Gasteiger partial charge in [0.25, 0.3) is 0 Å². The van der Waals surface area contributed by atoms with Crippen molar-refractivity contribution >= 4 is 5.69 Å². The van der Waals surface area contributed by atoms with Gasteiger partial charge in [-0.15, -0.1) is 0 Å². The lowest BCUT2D eigenvalue weighted by molar-refractivity contribution is -0.446. The van der Waals surface area contributed by atoms with E-state index in [1.54, 1.807) is 30.3 Å². The molecule has 0 heterocycles. The van der Waals surface area contributed by atoms with Gasteiger partial charge in [-0.1, -0.05) is 23.1 Å². The van der Waals surface area contributed by atoms with Gasteiger partial charge in [0.05, 0.1) is 0 Å². The second-order valence-electron chi connectivity index (χ2n) is 1.89. The largest absolute Gasteiger partial charge is 0.594 e. The van der Waals surface area contributed by atoms with Crippen molar-refractivity contribution in [3.05, 3.63) is 35.5 Å². The predicted octanol–water partition coefficient (Wildman–Crippen LogP) is 1.23. The van der Waals surface area contributed by atoms with Crippen LogP contribution < -0.4 is 0 Å². The van der Waals surface area contributed by atoms with E-state index < -0.39 is 6.73 Å². The van der Waals surface area contributed by atoms with Gasteiger partial charge in [-0.3, -0.25) is 0 Å². The second kappa shape index (κ2) is 3.68. The van der Waals surface area contributed by atoms with Gasteiger partial charge in [-0.05, 0) is 0 Å². The van der Waals surface area contributed by atoms with Crippen LogP contribution in [0.5, 0.6) is 0 Å². The summed E-state index contributed by atoms with van der Waals surface area (Å²) in [5.41, 5.74) is 0.418. The SMILES string of the molecule is [O-]/[N+](=N\CO)c1ccccc1. The van der Waals surface area contributed by atoms with Crippen molar-refractivity contribution in [2.24, 2.45) is 5.11 Å². The van der Waals surface area contributed by atoms with Crippen molar-refractivity contribution in [1.29, 1.82) is 0 Å². The van der Waals surface area contributed by atoms with Crippen molar-refractivity contribution < 1.29 is 9.97 Å². The van der Waals surface area contributed by atoms with Crippen LogP contribution in [0.2, 0.25) is 0 Å². The Balaban J connectivity index is 2.85. The van der Waals surface area contributed by atoms with E-state index in [2.05, 4.69) is 5.11 Å². The summed E-state index contributed by atoms with van der Waals surface area (Å²) in [4.78, 5) is 0.389. The molecule has 1 aromatic rings. The van der Waals surface area contributed by atoms with E-state index in [1.165, 1.54) is 0 Å². The number of aliphatic hydroxyl groups is 1. The van der Waals surface area contributed by atoms with E-state index in [0.29, 0.717) is 10.5 Å². The molecule has 0 radical (unpaired) electrons. The Hall–Kier alpha value is -1.42. The lowest BCUT2D eigenvalue weighted by Gasteiger charge is -1.96. The van der Waals surface area contributed by atoms with E-state index in [4.69, 9.17) is 5.11 Å². The molecule has 1 aromatic carbocycles. The molecule has 0 aliphatic heterocycles. The van der Waals surface area contributed by atoms with Gasteiger partial charge in [-0.25, -0.2) is 0 Å². The maximum absolute atomic E-state index is 10.8. The molecule has 0 bridgehead atoms.